The molecule has 0 amide bonds. The molecule has 1 saturated heterocycles. The Morgan fingerprint density at radius 2 is 2.10 bits per heavy atom. The molecule has 1 aromatic heterocycles. The van der Waals surface area contributed by atoms with E-state index >= 15 is 0 Å². The molecule has 1 unspecified atom stereocenters. The molecule has 1 aromatic rings. The smallest absolute Gasteiger partial charge is 0.394 e. The SMILES string of the molecule is NCc1ccc(C(F)(F)F)nc1N1CCCCC1CO. The number of hydrogen-bond acceptors (Lipinski definition) is 4. The summed E-state index contributed by atoms with van der Waals surface area (Å²) < 4.78 is 38.4. The highest BCUT2D eigenvalue weighted by Crippen LogP contribution is 2.32. The van der Waals surface area contributed by atoms with Gasteiger partial charge in [0.15, 0.2) is 0 Å². The first-order valence-electron chi connectivity index (χ1n) is 6.62. The molecule has 0 aromatic carbocycles. The lowest BCUT2D eigenvalue weighted by molar-refractivity contribution is -0.141. The minimum atomic E-state index is -4.48. The zero-order valence-electron chi connectivity index (χ0n) is 11.0. The second-order valence-electron chi connectivity index (χ2n) is 4.91. The summed E-state index contributed by atoms with van der Waals surface area (Å²) in [5.74, 6) is 0.251. The number of nitrogens with two attached hydrogens (primary N) is 1. The van der Waals surface area contributed by atoms with Crippen LogP contribution >= 0.6 is 0 Å². The van der Waals surface area contributed by atoms with Crippen molar-refractivity contribution in [1.29, 1.82) is 0 Å². The lowest BCUT2D eigenvalue weighted by Crippen LogP contribution is -2.43. The van der Waals surface area contributed by atoms with Crippen LogP contribution in [0.25, 0.3) is 0 Å². The number of aromatic nitrogens is 1. The fourth-order valence-corrected chi connectivity index (χ4v) is 2.51. The third-order valence-electron chi connectivity index (χ3n) is 3.58. The summed E-state index contributed by atoms with van der Waals surface area (Å²) in [4.78, 5) is 5.50. The quantitative estimate of drug-likeness (QED) is 0.892. The molecule has 7 heteroatoms. The number of nitrogens with zero attached hydrogens (tertiary/aromatic N) is 2. The Morgan fingerprint density at radius 3 is 2.70 bits per heavy atom. The fraction of sp³-hybridized carbons (Fsp3) is 0.615. The topological polar surface area (TPSA) is 62.4 Å². The Morgan fingerprint density at radius 1 is 1.35 bits per heavy atom. The van der Waals surface area contributed by atoms with Crippen molar-refractivity contribution in [3.63, 3.8) is 0 Å². The number of anilines is 1. The average Bonchev–Trinajstić information content (AvgIpc) is 2.45. The number of rotatable bonds is 3. The minimum absolute atomic E-state index is 0.0953. The van der Waals surface area contributed by atoms with Crippen molar-refractivity contribution in [3.8, 4) is 0 Å². The van der Waals surface area contributed by atoms with E-state index in [-0.39, 0.29) is 25.0 Å². The van der Waals surface area contributed by atoms with E-state index in [1.165, 1.54) is 6.07 Å². The number of aliphatic hydroxyl groups is 1. The molecule has 112 valence electrons. The van der Waals surface area contributed by atoms with Gasteiger partial charge in [0.2, 0.25) is 0 Å². The first-order chi connectivity index (χ1) is 9.47. The summed E-state index contributed by atoms with van der Waals surface area (Å²) in [5.41, 5.74) is 5.24. The molecular formula is C13H18F3N3O. The Labute approximate surface area is 115 Å². The average molecular weight is 289 g/mol. The number of hydrogen-bond donors (Lipinski definition) is 2. The van der Waals surface area contributed by atoms with Gasteiger partial charge >= 0.3 is 6.18 Å². The first kappa shape index (κ1) is 15.1. The number of aliphatic hydroxyl groups excluding tert-OH is 1. The molecule has 3 N–H and O–H groups in total. The molecular weight excluding hydrogens is 271 g/mol. The zero-order valence-corrected chi connectivity index (χ0v) is 11.0. The van der Waals surface area contributed by atoms with Gasteiger partial charge in [0, 0.05) is 18.7 Å². The van der Waals surface area contributed by atoms with E-state index in [0.717, 1.165) is 25.3 Å². The second kappa shape index (κ2) is 5.97. The lowest BCUT2D eigenvalue weighted by atomic mass is 10.0. The van der Waals surface area contributed by atoms with Gasteiger partial charge in [-0.2, -0.15) is 13.2 Å². The van der Waals surface area contributed by atoms with E-state index in [9.17, 15) is 18.3 Å². The molecule has 2 rings (SSSR count). The van der Waals surface area contributed by atoms with Gasteiger partial charge in [0.05, 0.1) is 12.6 Å². The molecule has 0 spiro atoms. The fourth-order valence-electron chi connectivity index (χ4n) is 2.51. The summed E-state index contributed by atoms with van der Waals surface area (Å²) >= 11 is 0. The van der Waals surface area contributed by atoms with Gasteiger partial charge in [-0.3, -0.25) is 0 Å². The predicted octanol–water partition coefficient (Wildman–Crippen LogP) is 1.91. The van der Waals surface area contributed by atoms with Crippen LogP contribution in [0.1, 0.15) is 30.5 Å². The molecule has 1 aliphatic rings. The van der Waals surface area contributed by atoms with Gasteiger partial charge in [-0.1, -0.05) is 6.07 Å². The van der Waals surface area contributed by atoms with Crippen LogP contribution in [0.15, 0.2) is 12.1 Å². The molecule has 0 bridgehead atoms. The van der Waals surface area contributed by atoms with Crippen LogP contribution in [0.2, 0.25) is 0 Å². The third-order valence-corrected chi connectivity index (χ3v) is 3.58. The Bertz CT molecular complexity index is 465. The van der Waals surface area contributed by atoms with Crippen molar-refractivity contribution in [2.24, 2.45) is 5.73 Å². The van der Waals surface area contributed by atoms with E-state index in [4.69, 9.17) is 5.73 Å². The van der Waals surface area contributed by atoms with Crippen molar-refractivity contribution in [3.05, 3.63) is 23.4 Å². The number of pyridine rings is 1. The molecule has 1 fully saturated rings. The van der Waals surface area contributed by atoms with Gasteiger partial charge < -0.3 is 15.7 Å². The normalized spacial score (nSPS) is 20.2. The lowest BCUT2D eigenvalue weighted by Gasteiger charge is -2.36. The highest BCUT2D eigenvalue weighted by molar-refractivity contribution is 5.49. The van der Waals surface area contributed by atoms with Crippen LogP contribution in [-0.4, -0.2) is 29.3 Å². The number of alkyl halides is 3. The Kier molecular flexibility index (Phi) is 4.49. The maximum Gasteiger partial charge on any atom is 0.433 e. The molecule has 4 nitrogen and oxygen atoms in total. The third kappa shape index (κ3) is 3.04. The molecule has 20 heavy (non-hydrogen) atoms. The second-order valence-corrected chi connectivity index (χ2v) is 4.91. The van der Waals surface area contributed by atoms with Gasteiger partial charge in [-0.15, -0.1) is 0 Å². The monoisotopic (exact) mass is 289 g/mol. The largest absolute Gasteiger partial charge is 0.433 e. The molecule has 1 aliphatic heterocycles. The van der Waals surface area contributed by atoms with E-state index in [2.05, 4.69) is 4.98 Å². The highest BCUT2D eigenvalue weighted by Gasteiger charge is 2.34. The van der Waals surface area contributed by atoms with Crippen LogP contribution in [0.5, 0.6) is 0 Å². The van der Waals surface area contributed by atoms with Gasteiger partial charge in [0.1, 0.15) is 11.5 Å². The van der Waals surface area contributed by atoms with Crippen LogP contribution in [-0.2, 0) is 12.7 Å². The highest BCUT2D eigenvalue weighted by atomic mass is 19.4. The molecule has 0 aliphatic carbocycles. The van der Waals surface area contributed by atoms with E-state index in [1.807, 2.05) is 0 Å². The van der Waals surface area contributed by atoms with Crippen molar-refractivity contribution >= 4 is 5.82 Å². The zero-order chi connectivity index (χ0) is 14.8. The van der Waals surface area contributed by atoms with Crippen molar-refractivity contribution < 1.29 is 18.3 Å². The van der Waals surface area contributed by atoms with Crippen molar-refractivity contribution in [1.82, 2.24) is 4.98 Å². The molecule has 0 saturated carbocycles. The summed E-state index contributed by atoms with van der Waals surface area (Å²) in [6.45, 7) is 0.615. The van der Waals surface area contributed by atoms with Crippen LogP contribution in [0, 0.1) is 0 Å². The van der Waals surface area contributed by atoms with Crippen LogP contribution in [0.4, 0.5) is 19.0 Å². The van der Waals surface area contributed by atoms with Gasteiger partial charge in [-0.05, 0) is 25.3 Å². The predicted molar refractivity (Wildman–Crippen MR) is 69.2 cm³/mol. The molecule has 2 heterocycles. The maximum atomic E-state index is 12.8. The van der Waals surface area contributed by atoms with E-state index in [1.54, 1.807) is 4.90 Å². The minimum Gasteiger partial charge on any atom is -0.394 e. The van der Waals surface area contributed by atoms with Gasteiger partial charge in [-0.25, -0.2) is 4.98 Å². The summed E-state index contributed by atoms with van der Waals surface area (Å²) in [6, 6.07) is 2.13. The molecule has 1 atom stereocenters. The van der Waals surface area contributed by atoms with Crippen LogP contribution in [0.3, 0.4) is 0 Å². The van der Waals surface area contributed by atoms with Crippen molar-refractivity contribution in [2.45, 2.75) is 38.0 Å². The maximum absolute atomic E-state index is 12.8. The summed E-state index contributed by atoms with van der Waals surface area (Å²) in [5, 5.41) is 9.39. The number of halogens is 3. The first-order valence-corrected chi connectivity index (χ1v) is 6.62. The number of piperidine rings is 1. The van der Waals surface area contributed by atoms with E-state index < -0.39 is 11.9 Å². The van der Waals surface area contributed by atoms with Crippen molar-refractivity contribution in [2.75, 3.05) is 18.1 Å². The Balaban J connectivity index is 2.41. The standard InChI is InChI=1S/C13H18F3N3O/c14-13(15,16)11-5-4-9(7-17)12(18-11)19-6-2-1-3-10(19)8-20/h4-5,10,20H,1-3,6-8,17H2. The van der Waals surface area contributed by atoms with Gasteiger partial charge in [0.25, 0.3) is 0 Å². The molecule has 0 radical (unpaired) electrons. The van der Waals surface area contributed by atoms with Crippen LogP contribution < -0.4 is 10.6 Å². The Hall–Kier alpha value is -1.34. The van der Waals surface area contributed by atoms with E-state index in [0.29, 0.717) is 12.1 Å². The summed E-state index contributed by atoms with van der Waals surface area (Å²) in [6.07, 6.45) is -1.90. The summed E-state index contributed by atoms with van der Waals surface area (Å²) in [7, 11) is 0.